The van der Waals surface area contributed by atoms with Crippen LogP contribution in [0.2, 0.25) is 0 Å². The fraction of sp³-hybridized carbons (Fsp3) is 0.500. The maximum absolute atomic E-state index is 10.9. The number of piperazine rings is 1. The van der Waals surface area contributed by atoms with Gasteiger partial charge in [-0.1, -0.05) is 6.07 Å². The number of rotatable bonds is 2. The van der Waals surface area contributed by atoms with Crippen LogP contribution in [0.4, 0.5) is 5.69 Å². The van der Waals surface area contributed by atoms with E-state index in [2.05, 4.69) is 28.4 Å². The fourth-order valence-electron chi connectivity index (χ4n) is 2.90. The van der Waals surface area contributed by atoms with Crippen molar-refractivity contribution >= 4 is 12.0 Å². The molecule has 0 spiro atoms. The third kappa shape index (κ3) is 1.95. The van der Waals surface area contributed by atoms with Gasteiger partial charge in [0.15, 0.2) is 0 Å². The summed E-state index contributed by atoms with van der Waals surface area (Å²) in [4.78, 5) is 13.4. The molecule has 0 saturated carbocycles. The number of benzene rings is 1. The minimum absolute atomic E-state index is 0.141. The Morgan fingerprint density at radius 3 is 2.88 bits per heavy atom. The monoisotopic (exact) mass is 230 g/mol. The molecule has 1 N–H and O–H groups in total. The Morgan fingerprint density at radius 2 is 2.12 bits per heavy atom. The van der Waals surface area contributed by atoms with Crippen molar-refractivity contribution in [2.75, 3.05) is 31.1 Å². The van der Waals surface area contributed by atoms with Gasteiger partial charge < -0.3 is 15.0 Å². The molecule has 1 fully saturated rings. The van der Waals surface area contributed by atoms with E-state index in [1.54, 1.807) is 0 Å². The van der Waals surface area contributed by atoms with Gasteiger partial charge in [0.1, 0.15) is 6.29 Å². The Bertz CT molecular complexity index is 424. The van der Waals surface area contributed by atoms with E-state index in [4.69, 9.17) is 0 Å². The van der Waals surface area contributed by atoms with Crippen molar-refractivity contribution in [2.45, 2.75) is 18.8 Å². The lowest BCUT2D eigenvalue weighted by Gasteiger charge is -2.29. The van der Waals surface area contributed by atoms with Gasteiger partial charge in [-0.05, 0) is 36.1 Å². The lowest BCUT2D eigenvalue weighted by Crippen LogP contribution is -2.43. The molecule has 0 amide bonds. The fourth-order valence-corrected chi connectivity index (χ4v) is 2.90. The van der Waals surface area contributed by atoms with Crippen molar-refractivity contribution < 1.29 is 4.79 Å². The lowest BCUT2D eigenvalue weighted by atomic mass is 10.0. The Hall–Kier alpha value is -1.35. The Balaban J connectivity index is 1.86. The first kappa shape index (κ1) is 10.8. The van der Waals surface area contributed by atoms with Crippen LogP contribution in [0.3, 0.4) is 0 Å². The second-order valence-electron chi connectivity index (χ2n) is 4.90. The molecule has 0 bridgehead atoms. The lowest BCUT2D eigenvalue weighted by molar-refractivity contribution is -0.109. The number of nitrogens with one attached hydrogen (secondary N) is 1. The van der Waals surface area contributed by atoms with Gasteiger partial charge in [-0.15, -0.1) is 0 Å². The highest BCUT2D eigenvalue weighted by atomic mass is 16.1. The maximum atomic E-state index is 10.9. The highest BCUT2D eigenvalue weighted by molar-refractivity contribution is 5.67. The minimum atomic E-state index is 0.141. The molecule has 3 heteroatoms. The molecule has 0 radical (unpaired) electrons. The number of fused-ring (bicyclic) bond motifs is 1. The molecule has 1 saturated heterocycles. The average Bonchev–Trinajstić information content (AvgIpc) is 2.81. The standard InChI is InChI=1S/C14H18N2O/c17-10-12-2-1-11-9-13(3-4-14(11)12)16-7-5-15-6-8-16/h3-4,9-10,12,15H,1-2,5-8H2. The number of anilines is 1. The van der Waals surface area contributed by atoms with E-state index in [9.17, 15) is 4.79 Å². The molecule has 17 heavy (non-hydrogen) atoms. The predicted molar refractivity (Wildman–Crippen MR) is 68.7 cm³/mol. The number of hydrogen-bond acceptors (Lipinski definition) is 3. The van der Waals surface area contributed by atoms with Crippen molar-refractivity contribution in [2.24, 2.45) is 0 Å². The maximum Gasteiger partial charge on any atom is 0.127 e. The molecule has 1 heterocycles. The highest BCUT2D eigenvalue weighted by Crippen LogP contribution is 2.34. The summed E-state index contributed by atoms with van der Waals surface area (Å²) in [5.74, 6) is 0.141. The van der Waals surface area contributed by atoms with E-state index in [1.165, 1.54) is 16.8 Å². The van der Waals surface area contributed by atoms with Crippen LogP contribution in [0, 0.1) is 0 Å². The number of nitrogens with zero attached hydrogens (tertiary/aromatic N) is 1. The Kier molecular flexibility index (Phi) is 2.85. The van der Waals surface area contributed by atoms with E-state index < -0.39 is 0 Å². The number of aldehydes is 1. The van der Waals surface area contributed by atoms with E-state index >= 15 is 0 Å². The van der Waals surface area contributed by atoms with E-state index in [0.29, 0.717) is 0 Å². The van der Waals surface area contributed by atoms with Crippen LogP contribution >= 0.6 is 0 Å². The molecule has 1 aromatic rings. The first-order valence-electron chi connectivity index (χ1n) is 6.42. The first-order chi connectivity index (χ1) is 8.38. The molecule has 3 nitrogen and oxygen atoms in total. The van der Waals surface area contributed by atoms with Gasteiger partial charge in [0.2, 0.25) is 0 Å². The summed E-state index contributed by atoms with van der Waals surface area (Å²) in [5.41, 5.74) is 3.94. The zero-order valence-electron chi connectivity index (χ0n) is 9.98. The van der Waals surface area contributed by atoms with Gasteiger partial charge in [0, 0.05) is 37.8 Å². The predicted octanol–water partition coefficient (Wildman–Crippen LogP) is 1.32. The molecule has 90 valence electrons. The molecule has 1 aliphatic carbocycles. The van der Waals surface area contributed by atoms with Gasteiger partial charge in [-0.2, -0.15) is 0 Å². The molecule has 1 aliphatic heterocycles. The summed E-state index contributed by atoms with van der Waals surface area (Å²) in [5, 5.41) is 3.36. The highest BCUT2D eigenvalue weighted by Gasteiger charge is 2.22. The molecule has 1 unspecified atom stereocenters. The molecule has 1 aromatic carbocycles. The second-order valence-corrected chi connectivity index (χ2v) is 4.90. The SMILES string of the molecule is O=CC1CCc2cc(N3CCNCC3)ccc21. The third-order valence-corrected chi connectivity index (χ3v) is 3.90. The summed E-state index contributed by atoms with van der Waals surface area (Å²) < 4.78 is 0. The Morgan fingerprint density at radius 1 is 1.29 bits per heavy atom. The Labute approximate surface area is 102 Å². The normalized spacial score (nSPS) is 23.5. The van der Waals surface area contributed by atoms with E-state index in [-0.39, 0.29) is 5.92 Å². The average molecular weight is 230 g/mol. The summed E-state index contributed by atoms with van der Waals surface area (Å²) in [6.07, 6.45) is 3.14. The summed E-state index contributed by atoms with van der Waals surface area (Å²) in [7, 11) is 0. The van der Waals surface area contributed by atoms with Crippen molar-refractivity contribution in [3.63, 3.8) is 0 Å². The van der Waals surface area contributed by atoms with Gasteiger partial charge >= 0.3 is 0 Å². The van der Waals surface area contributed by atoms with Gasteiger partial charge in [-0.25, -0.2) is 0 Å². The molecule has 3 rings (SSSR count). The van der Waals surface area contributed by atoms with Crippen molar-refractivity contribution in [3.05, 3.63) is 29.3 Å². The van der Waals surface area contributed by atoms with E-state index in [0.717, 1.165) is 45.3 Å². The van der Waals surface area contributed by atoms with Crippen LogP contribution in [0.1, 0.15) is 23.5 Å². The zero-order valence-corrected chi connectivity index (χ0v) is 9.98. The van der Waals surface area contributed by atoms with Crippen LogP contribution in [0.15, 0.2) is 18.2 Å². The van der Waals surface area contributed by atoms with Gasteiger partial charge in [0.25, 0.3) is 0 Å². The summed E-state index contributed by atoms with van der Waals surface area (Å²) >= 11 is 0. The molecule has 0 aromatic heterocycles. The number of carbonyl (C=O) groups is 1. The van der Waals surface area contributed by atoms with Gasteiger partial charge in [0.05, 0.1) is 0 Å². The van der Waals surface area contributed by atoms with E-state index in [1.807, 2.05) is 0 Å². The van der Waals surface area contributed by atoms with Crippen LogP contribution in [-0.4, -0.2) is 32.5 Å². The topological polar surface area (TPSA) is 32.3 Å². The largest absolute Gasteiger partial charge is 0.369 e. The summed E-state index contributed by atoms with van der Waals surface area (Å²) in [6.45, 7) is 4.29. The number of carbonyl (C=O) groups excluding carboxylic acids is 1. The second kappa shape index (κ2) is 4.49. The zero-order chi connectivity index (χ0) is 11.7. The number of hydrogen-bond donors (Lipinski definition) is 1. The van der Waals surface area contributed by atoms with Gasteiger partial charge in [-0.3, -0.25) is 0 Å². The minimum Gasteiger partial charge on any atom is -0.369 e. The first-order valence-corrected chi connectivity index (χ1v) is 6.42. The quantitative estimate of drug-likeness (QED) is 0.778. The summed E-state index contributed by atoms with van der Waals surface area (Å²) in [6, 6.07) is 6.61. The van der Waals surface area contributed by atoms with Crippen LogP contribution in [0.25, 0.3) is 0 Å². The smallest absolute Gasteiger partial charge is 0.127 e. The van der Waals surface area contributed by atoms with Crippen LogP contribution in [0.5, 0.6) is 0 Å². The molecule has 2 aliphatic rings. The molecular formula is C14H18N2O. The molecular weight excluding hydrogens is 212 g/mol. The van der Waals surface area contributed by atoms with Crippen molar-refractivity contribution in [3.8, 4) is 0 Å². The van der Waals surface area contributed by atoms with Crippen LogP contribution < -0.4 is 10.2 Å². The van der Waals surface area contributed by atoms with Crippen LogP contribution in [-0.2, 0) is 11.2 Å². The number of aryl methyl sites for hydroxylation is 1. The molecule has 1 atom stereocenters. The van der Waals surface area contributed by atoms with Crippen molar-refractivity contribution in [1.82, 2.24) is 5.32 Å². The third-order valence-electron chi connectivity index (χ3n) is 3.90. The van der Waals surface area contributed by atoms with Crippen molar-refractivity contribution in [1.29, 1.82) is 0 Å².